The summed E-state index contributed by atoms with van der Waals surface area (Å²) in [6.07, 6.45) is 2.96. The largest absolute Gasteiger partial charge is 0.504 e. The predicted octanol–water partition coefficient (Wildman–Crippen LogP) is 1.04. The van der Waals surface area contributed by atoms with E-state index in [0.29, 0.717) is 12.0 Å². The number of benzene rings is 1. The first kappa shape index (κ1) is 26.3. The van der Waals surface area contributed by atoms with Crippen LogP contribution in [0.25, 0.3) is 0 Å². The summed E-state index contributed by atoms with van der Waals surface area (Å²) in [5.41, 5.74) is 0.442. The molecule has 5 atom stereocenters. The molecule has 0 aromatic heterocycles. The molecule has 1 saturated heterocycles. The molecule has 10 nitrogen and oxygen atoms in total. The Morgan fingerprint density at radius 1 is 1.23 bits per heavy atom. The van der Waals surface area contributed by atoms with Crippen LogP contribution >= 0.6 is 0 Å². The maximum atomic E-state index is 13.5. The molecule has 4 N–H and O–H groups in total. The minimum atomic E-state index is -1.47. The number of hydrogen-bond acceptors (Lipinski definition) is 7. The maximum Gasteiger partial charge on any atom is 0.249 e. The molecule has 1 heterocycles. The summed E-state index contributed by atoms with van der Waals surface area (Å²) in [4.78, 5) is 42.4. The van der Waals surface area contributed by atoms with Crippen LogP contribution in [0.3, 0.4) is 0 Å². The third-order valence-electron chi connectivity index (χ3n) is 7.06. The molecular weight excluding hydrogens is 452 g/mol. The molecule has 190 valence electrons. The fraction of sp³-hybridized carbons (Fsp3) is 0.600. The number of likely N-dealkylation sites (N-methyl/N-ethyl adjacent to an activating group) is 1. The fourth-order valence-corrected chi connectivity index (χ4v) is 5.19. The first-order valence-corrected chi connectivity index (χ1v) is 12.1. The molecule has 0 bridgehead atoms. The third-order valence-corrected chi connectivity index (χ3v) is 7.06. The number of rotatable bonds is 8. The topological polar surface area (TPSA) is 154 Å². The molecule has 2 aliphatic rings. The van der Waals surface area contributed by atoms with E-state index in [1.807, 2.05) is 6.07 Å². The molecule has 10 heteroatoms. The van der Waals surface area contributed by atoms with E-state index < -0.39 is 24.1 Å². The fourth-order valence-electron chi connectivity index (χ4n) is 5.19. The Kier molecular flexibility index (Phi) is 8.57. The van der Waals surface area contributed by atoms with Crippen molar-refractivity contribution in [1.82, 2.24) is 15.1 Å². The summed E-state index contributed by atoms with van der Waals surface area (Å²) < 4.78 is 0. The van der Waals surface area contributed by atoms with E-state index in [-0.39, 0.29) is 54.7 Å². The van der Waals surface area contributed by atoms with Crippen LogP contribution in [0, 0.1) is 17.2 Å². The predicted molar refractivity (Wildman–Crippen MR) is 126 cm³/mol. The minimum absolute atomic E-state index is 0.0705. The highest BCUT2D eigenvalue weighted by atomic mass is 16.3. The second-order valence-corrected chi connectivity index (χ2v) is 9.55. The minimum Gasteiger partial charge on any atom is -0.504 e. The summed E-state index contributed by atoms with van der Waals surface area (Å²) in [6, 6.07) is 4.37. The molecule has 1 aromatic rings. The number of amides is 3. The number of phenolic OH excluding ortho intramolecular Hbond substituents is 2. The average Bonchev–Trinajstić information content (AvgIpc) is 3.23. The van der Waals surface area contributed by atoms with Gasteiger partial charge in [-0.2, -0.15) is 5.26 Å². The Hall–Kier alpha value is -3.32. The SMILES string of the molecule is CC(NC(=O)C(O)Cc1ccc(O)c(O)c1)C(=O)N1C(C(=O)N(C)CCC#N)CC2CCCCC21. The lowest BCUT2D eigenvalue weighted by Crippen LogP contribution is -2.56. The number of nitrogens with zero attached hydrogens (tertiary/aromatic N) is 3. The molecule has 1 aromatic carbocycles. The van der Waals surface area contributed by atoms with Crippen molar-refractivity contribution >= 4 is 17.7 Å². The van der Waals surface area contributed by atoms with Crippen LogP contribution in [0.2, 0.25) is 0 Å². The van der Waals surface area contributed by atoms with Crippen LogP contribution in [0.4, 0.5) is 0 Å². The Labute approximate surface area is 205 Å². The van der Waals surface area contributed by atoms with Crippen LogP contribution in [-0.2, 0) is 20.8 Å². The Balaban J connectivity index is 1.69. The Morgan fingerprint density at radius 3 is 2.63 bits per heavy atom. The average molecular weight is 487 g/mol. The molecule has 1 aliphatic heterocycles. The summed E-state index contributed by atoms with van der Waals surface area (Å²) >= 11 is 0. The van der Waals surface area contributed by atoms with Gasteiger partial charge >= 0.3 is 0 Å². The van der Waals surface area contributed by atoms with Gasteiger partial charge in [-0.25, -0.2) is 0 Å². The van der Waals surface area contributed by atoms with E-state index in [9.17, 15) is 29.7 Å². The first-order chi connectivity index (χ1) is 16.6. The van der Waals surface area contributed by atoms with Gasteiger partial charge in [-0.05, 0) is 49.8 Å². The second-order valence-electron chi connectivity index (χ2n) is 9.55. The number of fused-ring (bicyclic) bond motifs is 1. The van der Waals surface area contributed by atoms with Crippen LogP contribution in [0.1, 0.15) is 51.0 Å². The number of likely N-dealkylation sites (tertiary alicyclic amines) is 1. The smallest absolute Gasteiger partial charge is 0.249 e. The number of phenols is 2. The summed E-state index contributed by atoms with van der Waals surface area (Å²) in [6.45, 7) is 1.82. The standard InChI is InChI=1S/C25H34N4O6/c1-15(27-23(33)22(32)13-16-8-9-20(30)21(31)12-16)24(34)29-18-7-4-3-6-17(18)14-19(29)25(35)28(2)11-5-10-26/h8-9,12,15,17-19,22,30-32H,3-7,11,13-14H2,1-2H3,(H,27,33). The van der Waals surface area contributed by atoms with Crippen LogP contribution < -0.4 is 5.32 Å². The molecule has 3 amide bonds. The van der Waals surface area contributed by atoms with Gasteiger partial charge in [-0.3, -0.25) is 14.4 Å². The van der Waals surface area contributed by atoms with Crippen molar-refractivity contribution in [2.45, 2.75) is 76.1 Å². The molecule has 0 spiro atoms. The van der Waals surface area contributed by atoms with E-state index >= 15 is 0 Å². The van der Waals surface area contributed by atoms with Crippen LogP contribution in [0.5, 0.6) is 11.5 Å². The van der Waals surface area contributed by atoms with Crippen molar-refractivity contribution < 1.29 is 29.7 Å². The van der Waals surface area contributed by atoms with Crippen molar-refractivity contribution in [2.24, 2.45) is 5.92 Å². The van der Waals surface area contributed by atoms with Crippen molar-refractivity contribution in [3.05, 3.63) is 23.8 Å². The van der Waals surface area contributed by atoms with Crippen LogP contribution in [-0.4, -0.2) is 80.7 Å². The number of aliphatic hydroxyl groups is 1. The molecule has 0 radical (unpaired) electrons. The summed E-state index contributed by atoms with van der Waals surface area (Å²) in [5.74, 6) is -1.75. The molecule has 3 rings (SSSR count). The highest BCUT2D eigenvalue weighted by Gasteiger charge is 2.49. The molecule has 5 unspecified atom stereocenters. The van der Waals surface area contributed by atoms with Crippen molar-refractivity contribution in [3.8, 4) is 17.6 Å². The molecule has 2 fully saturated rings. The van der Waals surface area contributed by atoms with Gasteiger partial charge in [0, 0.05) is 26.1 Å². The quantitative estimate of drug-likeness (QED) is 0.400. The zero-order valence-corrected chi connectivity index (χ0v) is 20.2. The van der Waals surface area contributed by atoms with Crippen molar-refractivity contribution in [3.63, 3.8) is 0 Å². The highest BCUT2D eigenvalue weighted by molar-refractivity contribution is 5.93. The van der Waals surface area contributed by atoms with Gasteiger partial charge in [-0.15, -0.1) is 0 Å². The second kappa shape index (κ2) is 11.4. The molecule has 1 saturated carbocycles. The molecule has 35 heavy (non-hydrogen) atoms. The normalized spacial score (nSPS) is 23.0. The Morgan fingerprint density at radius 2 is 1.94 bits per heavy atom. The number of nitriles is 1. The van der Waals surface area contributed by atoms with E-state index in [1.165, 1.54) is 30.0 Å². The van der Waals surface area contributed by atoms with Gasteiger partial charge in [0.15, 0.2) is 11.5 Å². The monoisotopic (exact) mass is 486 g/mol. The third kappa shape index (κ3) is 6.03. The lowest BCUT2D eigenvalue weighted by Gasteiger charge is -2.36. The van der Waals surface area contributed by atoms with Gasteiger partial charge < -0.3 is 30.4 Å². The van der Waals surface area contributed by atoms with E-state index in [0.717, 1.165) is 25.7 Å². The van der Waals surface area contributed by atoms with Gasteiger partial charge in [0.05, 0.1) is 12.5 Å². The van der Waals surface area contributed by atoms with Gasteiger partial charge in [0.2, 0.25) is 17.7 Å². The van der Waals surface area contributed by atoms with Gasteiger partial charge in [-0.1, -0.05) is 18.9 Å². The number of hydrogen-bond donors (Lipinski definition) is 4. The number of carbonyl (C=O) groups is 3. The van der Waals surface area contributed by atoms with Gasteiger partial charge in [0.25, 0.3) is 0 Å². The van der Waals surface area contributed by atoms with Crippen molar-refractivity contribution in [1.29, 1.82) is 5.26 Å². The van der Waals surface area contributed by atoms with E-state index in [4.69, 9.17) is 5.26 Å². The molecule has 1 aliphatic carbocycles. The lowest BCUT2D eigenvalue weighted by atomic mass is 9.84. The zero-order chi connectivity index (χ0) is 25.7. The summed E-state index contributed by atoms with van der Waals surface area (Å²) in [5, 5.41) is 40.8. The highest BCUT2D eigenvalue weighted by Crippen LogP contribution is 2.40. The van der Waals surface area contributed by atoms with Gasteiger partial charge in [0.1, 0.15) is 18.2 Å². The van der Waals surface area contributed by atoms with E-state index in [1.54, 1.807) is 11.9 Å². The zero-order valence-electron chi connectivity index (χ0n) is 20.2. The summed E-state index contributed by atoms with van der Waals surface area (Å²) in [7, 11) is 1.63. The number of aliphatic hydroxyl groups excluding tert-OH is 1. The van der Waals surface area contributed by atoms with E-state index in [2.05, 4.69) is 5.32 Å². The van der Waals surface area contributed by atoms with Crippen molar-refractivity contribution in [2.75, 3.05) is 13.6 Å². The maximum absolute atomic E-state index is 13.5. The first-order valence-electron chi connectivity index (χ1n) is 12.1. The Bertz CT molecular complexity index is 993. The lowest BCUT2D eigenvalue weighted by molar-refractivity contribution is -0.147. The van der Waals surface area contributed by atoms with Crippen LogP contribution in [0.15, 0.2) is 18.2 Å². The number of carbonyl (C=O) groups excluding carboxylic acids is 3. The number of aromatic hydroxyl groups is 2. The molecular formula is C25H34N4O6. The number of nitrogens with one attached hydrogen (secondary N) is 1.